The van der Waals surface area contributed by atoms with Gasteiger partial charge in [-0.3, -0.25) is 9.69 Å². The van der Waals surface area contributed by atoms with E-state index in [-0.39, 0.29) is 36.9 Å². The zero-order chi connectivity index (χ0) is 27.6. The third-order valence-corrected chi connectivity index (χ3v) is 6.54. The van der Waals surface area contributed by atoms with E-state index in [2.05, 4.69) is 10.6 Å². The van der Waals surface area contributed by atoms with Crippen molar-refractivity contribution in [1.82, 2.24) is 10.2 Å². The maximum absolute atomic E-state index is 14.9. The number of amides is 3. The molecular formula is C27H26F4N4O3. The van der Waals surface area contributed by atoms with Gasteiger partial charge in [0.2, 0.25) is 0 Å². The molecule has 0 unspecified atom stereocenters. The van der Waals surface area contributed by atoms with Crippen LogP contribution in [0.4, 0.5) is 33.7 Å². The zero-order valence-corrected chi connectivity index (χ0v) is 20.7. The third kappa shape index (κ3) is 5.28. The molecule has 0 radical (unpaired) electrons. The summed E-state index contributed by atoms with van der Waals surface area (Å²) in [4.78, 5) is 29.0. The van der Waals surface area contributed by atoms with Crippen LogP contribution >= 0.6 is 0 Å². The Labute approximate surface area is 216 Å². The molecule has 38 heavy (non-hydrogen) atoms. The number of hydrogen-bond acceptors (Lipinski definition) is 4. The first-order valence-corrected chi connectivity index (χ1v) is 11.8. The van der Waals surface area contributed by atoms with Gasteiger partial charge in [-0.2, -0.15) is 0 Å². The summed E-state index contributed by atoms with van der Waals surface area (Å²) >= 11 is 0. The van der Waals surface area contributed by atoms with Crippen molar-refractivity contribution >= 4 is 23.3 Å². The predicted molar refractivity (Wildman–Crippen MR) is 134 cm³/mol. The molecule has 0 bridgehead atoms. The first-order chi connectivity index (χ1) is 18.1. The number of aliphatic hydroxyl groups excluding tert-OH is 1. The van der Waals surface area contributed by atoms with Crippen molar-refractivity contribution in [3.63, 3.8) is 0 Å². The lowest BCUT2D eigenvalue weighted by molar-refractivity contribution is 0.0950. The number of fused-ring (bicyclic) bond motifs is 1. The van der Waals surface area contributed by atoms with Crippen LogP contribution in [0.15, 0.2) is 48.5 Å². The minimum absolute atomic E-state index is 0.105. The molecule has 3 N–H and O–H groups in total. The molecule has 11 heteroatoms. The Kier molecular flexibility index (Phi) is 7.86. The summed E-state index contributed by atoms with van der Waals surface area (Å²) in [5, 5.41) is 14.5. The van der Waals surface area contributed by atoms with Gasteiger partial charge in [0.15, 0.2) is 0 Å². The maximum Gasteiger partial charge on any atom is 0.325 e. The number of urea groups is 1. The van der Waals surface area contributed by atoms with Crippen LogP contribution in [0.2, 0.25) is 0 Å². The molecule has 0 saturated heterocycles. The molecule has 1 aliphatic heterocycles. The number of halogens is 4. The summed E-state index contributed by atoms with van der Waals surface area (Å²) in [6.45, 7) is 1.12. The van der Waals surface area contributed by atoms with Crippen molar-refractivity contribution < 1.29 is 32.3 Å². The highest BCUT2D eigenvalue weighted by molar-refractivity contribution is 6.00. The molecule has 1 heterocycles. The fourth-order valence-corrected chi connectivity index (χ4v) is 4.34. The van der Waals surface area contributed by atoms with Crippen LogP contribution in [-0.2, 0) is 13.1 Å². The Hall–Kier alpha value is -4.12. The van der Waals surface area contributed by atoms with Crippen LogP contribution < -0.4 is 15.5 Å². The van der Waals surface area contributed by atoms with E-state index in [1.165, 1.54) is 34.1 Å². The normalized spacial score (nSPS) is 14.9. The Balaban J connectivity index is 1.65. The molecule has 200 valence electrons. The first kappa shape index (κ1) is 26.9. The average molecular weight is 531 g/mol. The highest BCUT2D eigenvalue weighted by Gasteiger charge is 2.34. The number of benzene rings is 3. The Morgan fingerprint density at radius 3 is 2.39 bits per heavy atom. The Bertz CT molecular complexity index is 1360. The van der Waals surface area contributed by atoms with Gasteiger partial charge in [0.1, 0.15) is 23.3 Å². The average Bonchev–Trinajstić information content (AvgIpc) is 2.88. The number of nitrogens with zero attached hydrogens (tertiary/aromatic N) is 2. The quantitative estimate of drug-likeness (QED) is 0.369. The second-order valence-corrected chi connectivity index (χ2v) is 8.88. The van der Waals surface area contributed by atoms with Crippen LogP contribution in [0.3, 0.4) is 0 Å². The third-order valence-electron chi connectivity index (χ3n) is 6.54. The molecule has 3 aromatic carbocycles. The van der Waals surface area contributed by atoms with E-state index < -0.39 is 47.3 Å². The largest absolute Gasteiger partial charge is 0.395 e. The number of hydrogen-bond donors (Lipinski definition) is 3. The van der Waals surface area contributed by atoms with Gasteiger partial charge in [-0.05, 0) is 36.8 Å². The molecule has 0 fully saturated rings. The van der Waals surface area contributed by atoms with E-state index in [0.29, 0.717) is 29.1 Å². The summed E-state index contributed by atoms with van der Waals surface area (Å²) in [5.74, 6) is -4.56. The maximum atomic E-state index is 14.9. The molecule has 0 aliphatic carbocycles. The zero-order valence-electron chi connectivity index (χ0n) is 20.7. The lowest BCUT2D eigenvalue weighted by atomic mass is 9.98. The second-order valence-electron chi connectivity index (χ2n) is 8.88. The highest BCUT2D eigenvalue weighted by atomic mass is 19.1. The smallest absolute Gasteiger partial charge is 0.325 e. The van der Waals surface area contributed by atoms with Crippen LogP contribution in [0.5, 0.6) is 0 Å². The number of rotatable bonds is 8. The van der Waals surface area contributed by atoms with Crippen molar-refractivity contribution in [2.45, 2.75) is 26.1 Å². The number of carbonyl (C=O) groups excluding carboxylic acids is 2. The molecule has 3 amide bonds. The molecule has 1 atom stereocenters. The van der Waals surface area contributed by atoms with Crippen molar-refractivity contribution in [3.05, 3.63) is 94.1 Å². The molecule has 0 aromatic heterocycles. The molecule has 1 aliphatic rings. The predicted octanol–water partition coefficient (Wildman–Crippen LogP) is 4.71. The van der Waals surface area contributed by atoms with Gasteiger partial charge in [0.05, 0.1) is 24.9 Å². The van der Waals surface area contributed by atoms with E-state index in [1.54, 1.807) is 19.2 Å². The minimum Gasteiger partial charge on any atom is -0.395 e. The van der Waals surface area contributed by atoms with Crippen LogP contribution in [0, 0.1) is 23.3 Å². The monoisotopic (exact) mass is 530 g/mol. The lowest BCUT2D eigenvalue weighted by Crippen LogP contribution is -2.46. The minimum atomic E-state index is -1.13. The molecule has 0 saturated carbocycles. The topological polar surface area (TPSA) is 84.9 Å². The van der Waals surface area contributed by atoms with Crippen molar-refractivity contribution in [3.8, 4) is 0 Å². The van der Waals surface area contributed by atoms with Gasteiger partial charge < -0.3 is 20.6 Å². The SMILES string of the molecule is C[C@H]1c2ccc(C(=O)NCc3c(F)cc(F)cc3F)cc2N(Cc2c(F)cccc2NCCO)C(=O)N1C. The Morgan fingerprint density at radius 2 is 1.71 bits per heavy atom. The Morgan fingerprint density at radius 1 is 1.00 bits per heavy atom. The summed E-state index contributed by atoms with van der Waals surface area (Å²) in [5.41, 5.74) is 1.30. The highest BCUT2D eigenvalue weighted by Crippen LogP contribution is 2.38. The molecular weight excluding hydrogens is 504 g/mol. The van der Waals surface area contributed by atoms with E-state index in [9.17, 15) is 27.2 Å². The molecule has 7 nitrogen and oxygen atoms in total. The van der Waals surface area contributed by atoms with Crippen LogP contribution in [-0.4, -0.2) is 42.1 Å². The molecule has 0 spiro atoms. The van der Waals surface area contributed by atoms with E-state index in [4.69, 9.17) is 5.11 Å². The summed E-state index contributed by atoms with van der Waals surface area (Å²) in [6, 6.07) is 9.33. The number of nitrogens with one attached hydrogen (secondary N) is 2. The molecule has 4 rings (SSSR count). The second kappa shape index (κ2) is 11.1. The number of anilines is 2. The van der Waals surface area contributed by atoms with Gasteiger partial charge in [0.25, 0.3) is 5.91 Å². The summed E-state index contributed by atoms with van der Waals surface area (Å²) in [7, 11) is 1.61. The van der Waals surface area contributed by atoms with Crippen molar-refractivity contribution in [2.75, 3.05) is 30.4 Å². The van der Waals surface area contributed by atoms with Crippen molar-refractivity contribution in [1.29, 1.82) is 0 Å². The summed E-state index contributed by atoms with van der Waals surface area (Å²) < 4.78 is 56.0. The van der Waals surface area contributed by atoms with Crippen LogP contribution in [0.25, 0.3) is 0 Å². The standard InChI is InChI=1S/C27H26F4N4O3/c1-15-18-7-6-16(26(37)33-13-19-22(30)11-17(28)12-23(19)31)10-25(18)35(27(38)34(15)2)14-20-21(29)4-3-5-24(20)32-8-9-36/h3-7,10-12,15,32,36H,8-9,13-14H2,1-2H3,(H,33,37)/t15-/m0/s1. The number of aliphatic hydroxyl groups is 1. The lowest BCUT2D eigenvalue weighted by Gasteiger charge is -2.40. The van der Waals surface area contributed by atoms with Gasteiger partial charge >= 0.3 is 6.03 Å². The first-order valence-electron chi connectivity index (χ1n) is 11.8. The van der Waals surface area contributed by atoms with Gasteiger partial charge in [-0.25, -0.2) is 22.4 Å². The molecule has 3 aromatic rings. The van der Waals surface area contributed by atoms with E-state index in [1.807, 2.05) is 6.92 Å². The fourth-order valence-electron chi connectivity index (χ4n) is 4.34. The van der Waals surface area contributed by atoms with Gasteiger partial charge in [-0.15, -0.1) is 0 Å². The van der Waals surface area contributed by atoms with Gasteiger partial charge in [-0.1, -0.05) is 12.1 Å². The summed E-state index contributed by atoms with van der Waals surface area (Å²) in [6.07, 6.45) is 0. The fraction of sp³-hybridized carbons (Fsp3) is 0.259. The van der Waals surface area contributed by atoms with Gasteiger partial charge in [0, 0.05) is 54.6 Å². The van der Waals surface area contributed by atoms with Crippen molar-refractivity contribution in [2.24, 2.45) is 0 Å². The number of carbonyl (C=O) groups is 2. The van der Waals surface area contributed by atoms with E-state index in [0.717, 1.165) is 0 Å². The van der Waals surface area contributed by atoms with E-state index >= 15 is 0 Å². The van der Waals surface area contributed by atoms with Crippen LogP contribution in [0.1, 0.15) is 40.0 Å².